The van der Waals surface area contributed by atoms with Gasteiger partial charge >= 0.3 is 0 Å². The first-order valence-corrected chi connectivity index (χ1v) is 11.4. The standard InChI is InChI=1S/C23H26ClFN8O/c1-11-30-22(27)33(31-11)12-6-7-23(8-12)10-29-20-17(23)18(24)14(9-28-20)13-4-5-15(26)16(19(13)25)21(34)32(2)3/h4-5,9,12H,6-8,10,26H2,1-3H3,(H,28,29)(H2,27,30,31)/t12-,23-/m1/s1. The minimum atomic E-state index is -0.711. The molecule has 2 aliphatic rings. The second kappa shape index (κ2) is 7.83. The van der Waals surface area contributed by atoms with Crippen LogP contribution in [0.1, 0.15) is 47.1 Å². The Bertz CT molecular complexity index is 1320. The van der Waals surface area contributed by atoms with Gasteiger partial charge < -0.3 is 21.7 Å². The Morgan fingerprint density at radius 1 is 1.32 bits per heavy atom. The summed E-state index contributed by atoms with van der Waals surface area (Å²) in [6.45, 7) is 2.48. The number of carbonyl (C=O) groups is 1. The normalized spacial score (nSPS) is 21.0. The monoisotopic (exact) mass is 484 g/mol. The SMILES string of the molecule is Cc1nc(N)n([C@@H]2CC[C@]3(CNc4ncc(-c5ccc(N)c(C(=O)N(C)C)c5F)c(Cl)c43)C2)n1. The van der Waals surface area contributed by atoms with Gasteiger partial charge in [0.1, 0.15) is 17.5 Å². The number of amides is 1. The maximum Gasteiger partial charge on any atom is 0.258 e. The van der Waals surface area contributed by atoms with E-state index in [4.69, 9.17) is 23.1 Å². The van der Waals surface area contributed by atoms with E-state index in [9.17, 15) is 4.79 Å². The number of aryl methyl sites for hydroxylation is 1. The first-order chi connectivity index (χ1) is 16.1. The molecule has 178 valence electrons. The number of hydrogen-bond acceptors (Lipinski definition) is 7. The third-order valence-electron chi connectivity index (χ3n) is 6.92. The number of halogens is 2. The summed E-state index contributed by atoms with van der Waals surface area (Å²) in [6.07, 6.45) is 3.98. The Kier molecular flexibility index (Phi) is 5.16. The van der Waals surface area contributed by atoms with Crippen LogP contribution >= 0.6 is 11.6 Å². The molecule has 11 heteroatoms. The van der Waals surface area contributed by atoms with Crippen molar-refractivity contribution >= 4 is 35.0 Å². The van der Waals surface area contributed by atoms with Crippen molar-refractivity contribution < 1.29 is 9.18 Å². The van der Waals surface area contributed by atoms with Gasteiger partial charge in [-0.2, -0.15) is 10.1 Å². The molecule has 5 N–H and O–H groups in total. The largest absolute Gasteiger partial charge is 0.398 e. The van der Waals surface area contributed by atoms with E-state index in [2.05, 4.69) is 20.4 Å². The second-order valence-electron chi connectivity index (χ2n) is 9.29. The van der Waals surface area contributed by atoms with Gasteiger partial charge in [-0.05, 0) is 38.3 Å². The lowest BCUT2D eigenvalue weighted by Crippen LogP contribution is -2.26. The van der Waals surface area contributed by atoms with Crippen LogP contribution in [-0.4, -0.2) is 51.2 Å². The van der Waals surface area contributed by atoms with Gasteiger partial charge in [-0.15, -0.1) is 0 Å². The molecule has 5 rings (SSSR count). The van der Waals surface area contributed by atoms with E-state index in [0.717, 1.165) is 24.8 Å². The number of nitrogens with one attached hydrogen (secondary N) is 1. The fourth-order valence-electron chi connectivity index (χ4n) is 5.29. The van der Waals surface area contributed by atoms with E-state index >= 15 is 4.39 Å². The van der Waals surface area contributed by atoms with E-state index in [-0.39, 0.29) is 28.3 Å². The van der Waals surface area contributed by atoms with Gasteiger partial charge in [0.05, 0.1) is 16.6 Å². The lowest BCUT2D eigenvalue weighted by Gasteiger charge is -2.25. The molecular formula is C23H26ClFN8O. The fourth-order valence-corrected chi connectivity index (χ4v) is 5.73. The minimum Gasteiger partial charge on any atom is -0.398 e. The fraction of sp³-hybridized carbons (Fsp3) is 0.391. The molecule has 1 aliphatic carbocycles. The van der Waals surface area contributed by atoms with Gasteiger partial charge in [-0.1, -0.05) is 11.6 Å². The predicted octanol–water partition coefficient (Wildman–Crippen LogP) is 3.40. The van der Waals surface area contributed by atoms with Crippen molar-refractivity contribution in [3.05, 3.63) is 46.1 Å². The number of anilines is 3. The summed E-state index contributed by atoms with van der Waals surface area (Å²) >= 11 is 6.96. The predicted molar refractivity (Wildman–Crippen MR) is 129 cm³/mol. The molecule has 3 heterocycles. The van der Waals surface area contributed by atoms with Crippen LogP contribution in [0.4, 0.5) is 21.8 Å². The molecule has 1 fully saturated rings. The highest BCUT2D eigenvalue weighted by Crippen LogP contribution is 2.54. The maximum atomic E-state index is 15.6. The van der Waals surface area contributed by atoms with E-state index in [0.29, 0.717) is 34.7 Å². The zero-order chi connectivity index (χ0) is 24.4. The van der Waals surface area contributed by atoms with Gasteiger partial charge in [0.2, 0.25) is 5.95 Å². The van der Waals surface area contributed by atoms with Crippen LogP contribution in [0, 0.1) is 12.7 Å². The lowest BCUT2D eigenvalue weighted by atomic mass is 9.80. The third kappa shape index (κ3) is 3.27. The summed E-state index contributed by atoms with van der Waals surface area (Å²) in [4.78, 5) is 22.6. The molecule has 1 spiro atoms. The topological polar surface area (TPSA) is 128 Å². The average molecular weight is 485 g/mol. The summed E-state index contributed by atoms with van der Waals surface area (Å²) < 4.78 is 17.4. The number of nitrogen functional groups attached to an aromatic ring is 2. The molecule has 9 nitrogen and oxygen atoms in total. The van der Waals surface area contributed by atoms with Crippen molar-refractivity contribution in [2.24, 2.45) is 0 Å². The molecule has 3 aromatic rings. The molecule has 1 aliphatic heterocycles. The van der Waals surface area contributed by atoms with Crippen LogP contribution in [0.2, 0.25) is 5.02 Å². The first-order valence-electron chi connectivity index (χ1n) is 11.0. The average Bonchev–Trinajstić information content (AvgIpc) is 3.47. The van der Waals surface area contributed by atoms with E-state index in [1.165, 1.54) is 23.2 Å². The number of fused-ring (bicyclic) bond motifs is 2. The molecule has 0 saturated heterocycles. The summed E-state index contributed by atoms with van der Waals surface area (Å²) in [7, 11) is 3.10. The zero-order valence-corrected chi connectivity index (χ0v) is 19.9. The van der Waals surface area contributed by atoms with Crippen LogP contribution in [-0.2, 0) is 5.41 Å². The van der Waals surface area contributed by atoms with Crippen LogP contribution in [0.25, 0.3) is 11.1 Å². The Morgan fingerprint density at radius 3 is 2.76 bits per heavy atom. The minimum absolute atomic E-state index is 0.0719. The van der Waals surface area contributed by atoms with Crippen LogP contribution in [0.5, 0.6) is 0 Å². The van der Waals surface area contributed by atoms with Crippen LogP contribution < -0.4 is 16.8 Å². The molecule has 0 bridgehead atoms. The Balaban J connectivity index is 1.58. The Morgan fingerprint density at radius 2 is 2.09 bits per heavy atom. The number of carbonyl (C=O) groups excluding carboxylic acids is 1. The third-order valence-corrected chi connectivity index (χ3v) is 7.31. The summed E-state index contributed by atoms with van der Waals surface area (Å²) in [5.41, 5.74) is 13.1. The van der Waals surface area contributed by atoms with Gasteiger partial charge in [0.25, 0.3) is 5.91 Å². The molecular weight excluding hydrogens is 459 g/mol. The van der Waals surface area contributed by atoms with Crippen molar-refractivity contribution in [3.63, 3.8) is 0 Å². The zero-order valence-electron chi connectivity index (χ0n) is 19.2. The maximum absolute atomic E-state index is 15.6. The molecule has 1 saturated carbocycles. The van der Waals surface area contributed by atoms with E-state index < -0.39 is 11.7 Å². The van der Waals surface area contributed by atoms with Crippen molar-refractivity contribution in [2.75, 3.05) is 37.4 Å². The number of nitrogens with zero attached hydrogens (tertiary/aromatic N) is 5. The van der Waals surface area contributed by atoms with E-state index in [1.54, 1.807) is 18.8 Å². The highest BCUT2D eigenvalue weighted by Gasteiger charge is 2.48. The Hall–Kier alpha value is -3.40. The van der Waals surface area contributed by atoms with Crippen molar-refractivity contribution in [3.8, 4) is 11.1 Å². The highest BCUT2D eigenvalue weighted by atomic mass is 35.5. The van der Waals surface area contributed by atoms with E-state index in [1.807, 2.05) is 6.92 Å². The number of aromatic nitrogens is 4. The molecule has 34 heavy (non-hydrogen) atoms. The number of hydrogen-bond donors (Lipinski definition) is 3. The smallest absolute Gasteiger partial charge is 0.258 e. The van der Waals surface area contributed by atoms with Crippen LogP contribution in [0.15, 0.2) is 18.3 Å². The number of rotatable bonds is 3. The molecule has 2 aromatic heterocycles. The van der Waals surface area contributed by atoms with Crippen molar-refractivity contribution in [1.82, 2.24) is 24.6 Å². The second-order valence-corrected chi connectivity index (χ2v) is 9.67. The highest BCUT2D eigenvalue weighted by molar-refractivity contribution is 6.34. The molecule has 0 unspecified atom stereocenters. The molecule has 1 aromatic carbocycles. The molecule has 1 amide bonds. The summed E-state index contributed by atoms with van der Waals surface area (Å²) in [5, 5.41) is 8.25. The Labute approximate surface area is 201 Å². The van der Waals surface area contributed by atoms with Gasteiger partial charge in [-0.25, -0.2) is 14.1 Å². The van der Waals surface area contributed by atoms with Crippen molar-refractivity contribution in [2.45, 2.75) is 37.6 Å². The van der Waals surface area contributed by atoms with Crippen molar-refractivity contribution in [1.29, 1.82) is 0 Å². The van der Waals surface area contributed by atoms with Gasteiger partial charge in [-0.3, -0.25) is 4.79 Å². The first kappa shape index (κ1) is 22.4. The number of nitrogens with two attached hydrogens (primary N) is 2. The van der Waals surface area contributed by atoms with Gasteiger partial charge in [0, 0.05) is 54.6 Å². The summed E-state index contributed by atoms with van der Waals surface area (Å²) in [5.74, 6) is 0.493. The number of benzene rings is 1. The summed E-state index contributed by atoms with van der Waals surface area (Å²) in [6, 6.07) is 3.14. The quantitative estimate of drug-likeness (QED) is 0.486. The van der Waals surface area contributed by atoms with Gasteiger partial charge in [0.15, 0.2) is 0 Å². The number of pyridine rings is 1. The van der Waals surface area contributed by atoms with Crippen LogP contribution in [0.3, 0.4) is 0 Å². The molecule has 0 radical (unpaired) electrons. The molecule has 2 atom stereocenters. The lowest BCUT2D eigenvalue weighted by molar-refractivity contribution is 0.0824.